The number of rotatable bonds is 4. The summed E-state index contributed by atoms with van der Waals surface area (Å²) in [5, 5.41) is 8.06. The highest BCUT2D eigenvalue weighted by Crippen LogP contribution is 2.37. The van der Waals surface area contributed by atoms with Crippen molar-refractivity contribution in [1.29, 1.82) is 0 Å². The van der Waals surface area contributed by atoms with E-state index in [1.54, 1.807) is 45.3 Å². The van der Waals surface area contributed by atoms with Gasteiger partial charge in [0.15, 0.2) is 17.2 Å². The lowest BCUT2D eigenvalue weighted by molar-refractivity contribution is -0.137. The molecule has 8 heteroatoms. The van der Waals surface area contributed by atoms with Crippen LogP contribution >= 0.6 is 0 Å². The molecule has 2 aromatic heterocycles. The third-order valence-electron chi connectivity index (χ3n) is 3.88. The van der Waals surface area contributed by atoms with Crippen molar-refractivity contribution in [2.45, 2.75) is 25.6 Å². The molecule has 3 aromatic rings. The van der Waals surface area contributed by atoms with E-state index in [0.717, 1.165) is 6.07 Å². The molecule has 0 saturated heterocycles. The molecule has 0 radical (unpaired) electrons. The molecular weight excluding hydrogens is 345 g/mol. The Kier molecular flexibility index (Phi) is 4.43. The molecule has 0 N–H and O–H groups in total. The number of ether oxygens (including phenoxy) is 1. The van der Waals surface area contributed by atoms with E-state index in [2.05, 4.69) is 15.2 Å². The fourth-order valence-corrected chi connectivity index (χ4v) is 2.73. The molecule has 136 valence electrons. The first kappa shape index (κ1) is 17.9. The van der Waals surface area contributed by atoms with Crippen LogP contribution in [0.1, 0.15) is 25.2 Å². The normalized spacial score (nSPS) is 12.2. The predicted octanol–water partition coefficient (Wildman–Crippen LogP) is 4.21. The average molecular weight is 362 g/mol. The van der Waals surface area contributed by atoms with Crippen molar-refractivity contribution in [3.05, 3.63) is 60.0 Å². The second-order valence-electron chi connectivity index (χ2n) is 6.23. The van der Waals surface area contributed by atoms with E-state index >= 15 is 0 Å². The Balaban J connectivity index is 2.02. The Labute approximate surface area is 148 Å². The van der Waals surface area contributed by atoms with Crippen LogP contribution in [-0.2, 0) is 18.8 Å². The van der Waals surface area contributed by atoms with Gasteiger partial charge in [-0.25, -0.2) is 4.98 Å². The lowest BCUT2D eigenvalue weighted by Crippen LogP contribution is -2.29. The van der Waals surface area contributed by atoms with Crippen LogP contribution in [0.5, 0.6) is 5.88 Å². The van der Waals surface area contributed by atoms with E-state index in [1.165, 1.54) is 22.8 Å². The van der Waals surface area contributed by atoms with Crippen molar-refractivity contribution in [2.75, 3.05) is 0 Å². The molecule has 0 bridgehead atoms. The first-order valence-corrected chi connectivity index (χ1v) is 7.86. The number of aromatic nitrogens is 4. The number of hydrogen-bond acceptors (Lipinski definition) is 4. The minimum absolute atomic E-state index is 0.0325. The standard InChI is InChI=1S/C18H17F3N4O/c1-17(2,26-14-10-6-7-11-22-14)16-24-23-15(25(16)3)12-8-4-5-9-13(12)18(19,20)21/h4-11H,1-3H3. The summed E-state index contributed by atoms with van der Waals surface area (Å²) in [7, 11) is 1.61. The zero-order valence-electron chi connectivity index (χ0n) is 14.4. The summed E-state index contributed by atoms with van der Waals surface area (Å²) in [6.45, 7) is 3.51. The van der Waals surface area contributed by atoms with Crippen molar-refractivity contribution in [1.82, 2.24) is 19.7 Å². The number of nitrogens with zero attached hydrogens (tertiary/aromatic N) is 4. The minimum atomic E-state index is -4.48. The first-order chi connectivity index (χ1) is 12.2. The van der Waals surface area contributed by atoms with E-state index in [-0.39, 0.29) is 11.4 Å². The Morgan fingerprint density at radius 3 is 2.31 bits per heavy atom. The van der Waals surface area contributed by atoms with Crippen LogP contribution < -0.4 is 4.74 Å². The van der Waals surface area contributed by atoms with Gasteiger partial charge in [-0.1, -0.05) is 24.3 Å². The molecule has 0 atom stereocenters. The Morgan fingerprint density at radius 1 is 0.962 bits per heavy atom. The molecule has 0 aliphatic rings. The quantitative estimate of drug-likeness (QED) is 0.698. The SMILES string of the molecule is Cn1c(-c2ccccc2C(F)(F)F)nnc1C(C)(C)Oc1ccccn1. The number of hydrogen-bond donors (Lipinski definition) is 0. The van der Waals surface area contributed by atoms with Crippen molar-refractivity contribution in [3.63, 3.8) is 0 Å². The van der Waals surface area contributed by atoms with Gasteiger partial charge in [-0.3, -0.25) is 0 Å². The van der Waals surface area contributed by atoms with Gasteiger partial charge in [0.1, 0.15) is 0 Å². The molecule has 0 fully saturated rings. The molecular formula is C18H17F3N4O. The fraction of sp³-hybridized carbons (Fsp3) is 0.278. The highest BCUT2D eigenvalue weighted by molar-refractivity contribution is 5.61. The topological polar surface area (TPSA) is 52.8 Å². The van der Waals surface area contributed by atoms with Gasteiger partial charge in [0, 0.05) is 24.9 Å². The molecule has 1 aromatic carbocycles. The van der Waals surface area contributed by atoms with Gasteiger partial charge in [-0.15, -0.1) is 10.2 Å². The summed E-state index contributed by atoms with van der Waals surface area (Å²) in [6.07, 6.45) is -2.89. The summed E-state index contributed by atoms with van der Waals surface area (Å²) in [5.41, 5.74) is -1.73. The zero-order chi connectivity index (χ0) is 18.9. The number of alkyl halides is 3. The van der Waals surface area contributed by atoms with E-state index in [9.17, 15) is 13.2 Å². The largest absolute Gasteiger partial charge is 0.463 e. The third kappa shape index (κ3) is 3.40. The molecule has 5 nitrogen and oxygen atoms in total. The van der Waals surface area contributed by atoms with Crippen LogP contribution in [0, 0.1) is 0 Å². The number of benzene rings is 1. The van der Waals surface area contributed by atoms with Crippen molar-refractivity contribution in [2.24, 2.45) is 7.05 Å². The van der Waals surface area contributed by atoms with Crippen molar-refractivity contribution >= 4 is 0 Å². The van der Waals surface area contributed by atoms with Crippen LogP contribution in [0.25, 0.3) is 11.4 Å². The first-order valence-electron chi connectivity index (χ1n) is 7.86. The molecule has 0 unspecified atom stereocenters. The van der Waals surface area contributed by atoms with Crippen molar-refractivity contribution < 1.29 is 17.9 Å². The summed E-state index contributed by atoms with van der Waals surface area (Å²) in [5.74, 6) is 0.887. The fourth-order valence-electron chi connectivity index (χ4n) is 2.73. The van der Waals surface area contributed by atoms with Gasteiger partial charge in [-0.05, 0) is 26.0 Å². The van der Waals surface area contributed by atoms with E-state index in [4.69, 9.17) is 4.74 Å². The van der Waals surface area contributed by atoms with Gasteiger partial charge < -0.3 is 9.30 Å². The van der Waals surface area contributed by atoms with Gasteiger partial charge >= 0.3 is 6.18 Å². The summed E-state index contributed by atoms with van der Waals surface area (Å²) < 4.78 is 47.3. The van der Waals surface area contributed by atoms with E-state index in [1.807, 2.05) is 0 Å². The third-order valence-corrected chi connectivity index (χ3v) is 3.88. The van der Waals surface area contributed by atoms with Crippen LogP contribution in [0.15, 0.2) is 48.7 Å². The Hall–Kier alpha value is -2.90. The highest BCUT2D eigenvalue weighted by Gasteiger charge is 2.36. The maximum atomic E-state index is 13.3. The minimum Gasteiger partial charge on any atom is -0.463 e. The molecule has 0 aliphatic heterocycles. The molecule has 0 amide bonds. The van der Waals surface area contributed by atoms with Gasteiger partial charge in [-0.2, -0.15) is 13.2 Å². The second kappa shape index (κ2) is 6.44. The smallest absolute Gasteiger partial charge is 0.417 e. The number of pyridine rings is 1. The Morgan fingerprint density at radius 2 is 1.65 bits per heavy atom. The van der Waals surface area contributed by atoms with E-state index in [0.29, 0.717) is 11.7 Å². The maximum Gasteiger partial charge on any atom is 0.417 e. The zero-order valence-corrected chi connectivity index (χ0v) is 14.4. The van der Waals surface area contributed by atoms with Crippen LogP contribution in [0.2, 0.25) is 0 Å². The summed E-state index contributed by atoms with van der Waals surface area (Å²) in [4.78, 5) is 4.10. The number of halogens is 3. The van der Waals surface area contributed by atoms with Crippen LogP contribution in [0.3, 0.4) is 0 Å². The highest BCUT2D eigenvalue weighted by atomic mass is 19.4. The molecule has 0 spiro atoms. The molecule has 2 heterocycles. The predicted molar refractivity (Wildman–Crippen MR) is 89.3 cm³/mol. The van der Waals surface area contributed by atoms with Gasteiger partial charge in [0.25, 0.3) is 0 Å². The molecule has 0 aliphatic carbocycles. The molecule has 3 rings (SSSR count). The summed E-state index contributed by atoms with van der Waals surface area (Å²) >= 11 is 0. The summed E-state index contributed by atoms with van der Waals surface area (Å²) in [6, 6.07) is 10.5. The second-order valence-corrected chi connectivity index (χ2v) is 6.23. The molecule has 0 saturated carbocycles. The Bertz CT molecular complexity index is 904. The monoisotopic (exact) mass is 362 g/mol. The van der Waals surface area contributed by atoms with E-state index < -0.39 is 17.3 Å². The van der Waals surface area contributed by atoms with Crippen LogP contribution in [-0.4, -0.2) is 19.7 Å². The lowest BCUT2D eigenvalue weighted by Gasteiger charge is -2.24. The molecule has 26 heavy (non-hydrogen) atoms. The van der Waals surface area contributed by atoms with Gasteiger partial charge in [0.05, 0.1) is 5.56 Å². The van der Waals surface area contributed by atoms with Crippen molar-refractivity contribution in [3.8, 4) is 17.3 Å². The van der Waals surface area contributed by atoms with Gasteiger partial charge in [0.2, 0.25) is 5.88 Å². The lowest BCUT2D eigenvalue weighted by atomic mass is 10.1. The maximum absolute atomic E-state index is 13.3. The van der Waals surface area contributed by atoms with Crippen LogP contribution in [0.4, 0.5) is 13.2 Å². The average Bonchev–Trinajstić information content (AvgIpc) is 2.97.